The Bertz CT molecular complexity index is 271. The van der Waals surface area contributed by atoms with E-state index in [1.54, 1.807) is 0 Å². The first-order valence-corrected chi connectivity index (χ1v) is 3.37. The molecule has 1 aromatic rings. The van der Waals surface area contributed by atoms with Gasteiger partial charge in [0.15, 0.2) is 12.5 Å². The van der Waals surface area contributed by atoms with Crippen molar-refractivity contribution in [3.8, 4) is 5.88 Å². The second-order valence-electron chi connectivity index (χ2n) is 2.15. The number of ether oxygens (including phenoxy) is 1. The lowest BCUT2D eigenvalue weighted by atomic mass is 10.2. The number of Topliss-reactive ketones (excluding diaryl/α,β-unsaturated/α-hetero) is 1. The van der Waals surface area contributed by atoms with Crippen LogP contribution >= 0.6 is 0 Å². The lowest BCUT2D eigenvalue weighted by molar-refractivity contribution is 0.0958. The number of carbonyl (C=O) groups excluding carboxylic acids is 1. The summed E-state index contributed by atoms with van der Waals surface area (Å²) in [6.45, 7) is -0.992. The number of alkyl halides is 1. The van der Waals surface area contributed by atoms with E-state index >= 15 is 0 Å². The van der Waals surface area contributed by atoms with E-state index < -0.39 is 12.5 Å². The van der Waals surface area contributed by atoms with E-state index in [2.05, 4.69) is 4.98 Å². The SMILES string of the molecule is COc1ccc(C(=O)CF)cn1. The molecule has 0 saturated heterocycles. The van der Waals surface area contributed by atoms with Crippen molar-refractivity contribution in [1.29, 1.82) is 0 Å². The summed E-state index contributed by atoms with van der Waals surface area (Å²) in [5, 5.41) is 0. The maximum absolute atomic E-state index is 11.8. The lowest BCUT2D eigenvalue weighted by Crippen LogP contribution is -2.01. The number of carbonyl (C=O) groups is 1. The molecule has 12 heavy (non-hydrogen) atoms. The second-order valence-corrected chi connectivity index (χ2v) is 2.15. The summed E-state index contributed by atoms with van der Waals surface area (Å²) in [6.07, 6.45) is 1.29. The van der Waals surface area contributed by atoms with Gasteiger partial charge < -0.3 is 4.74 Å². The molecule has 0 atom stereocenters. The van der Waals surface area contributed by atoms with Gasteiger partial charge >= 0.3 is 0 Å². The third kappa shape index (κ3) is 1.78. The summed E-state index contributed by atoms with van der Waals surface area (Å²) >= 11 is 0. The van der Waals surface area contributed by atoms with Crippen molar-refractivity contribution >= 4 is 5.78 Å². The molecule has 1 rings (SSSR count). The molecule has 1 aromatic heterocycles. The minimum absolute atomic E-state index is 0.262. The number of pyridine rings is 1. The third-order valence-electron chi connectivity index (χ3n) is 1.39. The van der Waals surface area contributed by atoms with Gasteiger partial charge in [-0.2, -0.15) is 0 Å². The van der Waals surface area contributed by atoms with Crippen LogP contribution in [0, 0.1) is 0 Å². The minimum Gasteiger partial charge on any atom is -0.481 e. The number of hydrogen-bond acceptors (Lipinski definition) is 3. The van der Waals surface area contributed by atoms with E-state index in [-0.39, 0.29) is 5.56 Å². The monoisotopic (exact) mass is 169 g/mol. The zero-order valence-corrected chi connectivity index (χ0v) is 6.58. The molecule has 0 aliphatic heterocycles. The van der Waals surface area contributed by atoms with Gasteiger partial charge in [-0.15, -0.1) is 0 Å². The number of hydrogen-bond donors (Lipinski definition) is 0. The van der Waals surface area contributed by atoms with Gasteiger partial charge in [-0.1, -0.05) is 0 Å². The fraction of sp³-hybridized carbons (Fsp3) is 0.250. The predicted molar refractivity (Wildman–Crippen MR) is 41.1 cm³/mol. The first-order chi connectivity index (χ1) is 5.77. The van der Waals surface area contributed by atoms with Crippen LogP contribution in [-0.4, -0.2) is 24.6 Å². The van der Waals surface area contributed by atoms with E-state index in [0.717, 1.165) is 0 Å². The Balaban J connectivity index is 2.84. The number of ketones is 1. The molecule has 0 N–H and O–H groups in total. The van der Waals surface area contributed by atoms with Crippen LogP contribution in [-0.2, 0) is 0 Å². The van der Waals surface area contributed by atoms with Crippen LogP contribution in [0.4, 0.5) is 4.39 Å². The highest BCUT2D eigenvalue weighted by molar-refractivity contribution is 5.96. The molecule has 3 nitrogen and oxygen atoms in total. The molecule has 64 valence electrons. The second kappa shape index (κ2) is 3.80. The molecule has 0 unspecified atom stereocenters. The fourth-order valence-electron chi connectivity index (χ4n) is 0.743. The van der Waals surface area contributed by atoms with Gasteiger partial charge in [-0.3, -0.25) is 4.79 Å². The molecular weight excluding hydrogens is 161 g/mol. The highest BCUT2D eigenvalue weighted by atomic mass is 19.1. The summed E-state index contributed by atoms with van der Waals surface area (Å²) in [4.78, 5) is 14.5. The Morgan fingerprint density at radius 1 is 1.67 bits per heavy atom. The van der Waals surface area contributed by atoms with Crippen LogP contribution in [0.3, 0.4) is 0 Å². The predicted octanol–water partition coefficient (Wildman–Crippen LogP) is 1.24. The Morgan fingerprint density at radius 2 is 2.42 bits per heavy atom. The number of methoxy groups -OCH3 is 1. The maximum Gasteiger partial charge on any atom is 0.212 e. The van der Waals surface area contributed by atoms with E-state index in [4.69, 9.17) is 4.74 Å². The molecule has 0 fully saturated rings. The number of rotatable bonds is 3. The average molecular weight is 169 g/mol. The average Bonchev–Trinajstić information content (AvgIpc) is 2.17. The maximum atomic E-state index is 11.8. The molecule has 0 saturated carbocycles. The lowest BCUT2D eigenvalue weighted by Gasteiger charge is -1.98. The van der Waals surface area contributed by atoms with Crippen molar-refractivity contribution in [3.63, 3.8) is 0 Å². The van der Waals surface area contributed by atoms with Gasteiger partial charge in [0.2, 0.25) is 5.88 Å². The van der Waals surface area contributed by atoms with Crippen LogP contribution in [0.5, 0.6) is 5.88 Å². The minimum atomic E-state index is -0.992. The first-order valence-electron chi connectivity index (χ1n) is 3.37. The zero-order chi connectivity index (χ0) is 8.97. The first kappa shape index (κ1) is 8.64. The summed E-state index contributed by atoms with van der Waals surface area (Å²) < 4.78 is 16.6. The summed E-state index contributed by atoms with van der Waals surface area (Å²) in [5.41, 5.74) is 0.262. The van der Waals surface area contributed by atoms with Crippen molar-refractivity contribution < 1.29 is 13.9 Å². The van der Waals surface area contributed by atoms with Crippen LogP contribution in [0.15, 0.2) is 18.3 Å². The topological polar surface area (TPSA) is 39.2 Å². The summed E-state index contributed by atoms with van der Waals surface area (Å²) in [5.74, 6) is -0.157. The Kier molecular flexibility index (Phi) is 2.74. The molecule has 0 aliphatic rings. The Labute approximate surface area is 69.2 Å². The van der Waals surface area contributed by atoms with Crippen LogP contribution in [0.25, 0.3) is 0 Å². The van der Waals surface area contributed by atoms with E-state index in [9.17, 15) is 9.18 Å². The van der Waals surface area contributed by atoms with Crippen molar-refractivity contribution in [3.05, 3.63) is 23.9 Å². The van der Waals surface area contributed by atoms with Crippen molar-refractivity contribution in [2.24, 2.45) is 0 Å². The molecule has 4 heteroatoms. The van der Waals surface area contributed by atoms with Crippen molar-refractivity contribution in [2.75, 3.05) is 13.8 Å². The smallest absolute Gasteiger partial charge is 0.212 e. The zero-order valence-electron chi connectivity index (χ0n) is 6.58. The van der Waals surface area contributed by atoms with E-state index in [1.165, 1.54) is 25.4 Å². The van der Waals surface area contributed by atoms with Gasteiger partial charge in [0.05, 0.1) is 7.11 Å². The highest BCUT2D eigenvalue weighted by Crippen LogP contribution is 2.06. The standard InChI is InChI=1S/C8H8FNO2/c1-12-8-3-2-6(5-10-8)7(11)4-9/h2-3,5H,4H2,1H3. The highest BCUT2D eigenvalue weighted by Gasteiger charge is 2.04. The fourth-order valence-corrected chi connectivity index (χ4v) is 0.743. The summed E-state index contributed by atoms with van der Waals surface area (Å²) in [6, 6.07) is 3.00. The number of aromatic nitrogens is 1. The van der Waals surface area contributed by atoms with E-state index in [0.29, 0.717) is 5.88 Å². The van der Waals surface area contributed by atoms with Gasteiger partial charge in [-0.05, 0) is 6.07 Å². The van der Waals surface area contributed by atoms with Crippen LogP contribution in [0.2, 0.25) is 0 Å². The third-order valence-corrected chi connectivity index (χ3v) is 1.39. The molecule has 1 heterocycles. The van der Waals surface area contributed by atoms with Gasteiger partial charge in [-0.25, -0.2) is 9.37 Å². The van der Waals surface area contributed by atoms with Crippen LogP contribution < -0.4 is 4.74 Å². The number of halogens is 1. The van der Waals surface area contributed by atoms with Gasteiger partial charge in [0.1, 0.15) is 0 Å². The quantitative estimate of drug-likeness (QED) is 0.639. The van der Waals surface area contributed by atoms with Gasteiger partial charge in [0.25, 0.3) is 0 Å². The van der Waals surface area contributed by atoms with Crippen molar-refractivity contribution in [2.45, 2.75) is 0 Å². The number of nitrogens with zero attached hydrogens (tertiary/aromatic N) is 1. The van der Waals surface area contributed by atoms with Crippen molar-refractivity contribution in [1.82, 2.24) is 4.98 Å². The van der Waals surface area contributed by atoms with Crippen LogP contribution in [0.1, 0.15) is 10.4 Å². The largest absolute Gasteiger partial charge is 0.481 e. The molecular formula is C8H8FNO2. The molecule has 0 amide bonds. The molecule has 0 bridgehead atoms. The molecule has 0 radical (unpaired) electrons. The summed E-state index contributed by atoms with van der Waals surface area (Å²) in [7, 11) is 1.47. The normalized spacial score (nSPS) is 9.50. The molecule has 0 spiro atoms. The van der Waals surface area contributed by atoms with E-state index in [1.807, 2.05) is 0 Å². The molecule has 0 aliphatic carbocycles. The molecule has 0 aromatic carbocycles. The van der Waals surface area contributed by atoms with Gasteiger partial charge in [0, 0.05) is 17.8 Å². The Morgan fingerprint density at radius 3 is 2.83 bits per heavy atom. The Hall–Kier alpha value is -1.45.